The molecule has 0 bridgehead atoms. The van der Waals surface area contributed by atoms with Crippen molar-refractivity contribution in [2.75, 3.05) is 26.5 Å². The van der Waals surface area contributed by atoms with Gasteiger partial charge in [-0.25, -0.2) is 17.9 Å². The van der Waals surface area contributed by atoms with E-state index in [1.54, 1.807) is 17.0 Å². The van der Waals surface area contributed by atoms with Crippen LogP contribution in [0, 0.1) is 0 Å². The van der Waals surface area contributed by atoms with Crippen LogP contribution in [0.3, 0.4) is 0 Å². The zero-order valence-corrected chi connectivity index (χ0v) is 18.4. The maximum atomic E-state index is 12.2. The Labute approximate surface area is 178 Å². The Morgan fingerprint density at radius 2 is 1.83 bits per heavy atom. The van der Waals surface area contributed by atoms with E-state index in [0.29, 0.717) is 25.3 Å². The Kier molecular flexibility index (Phi) is 7.60. The Balaban J connectivity index is 1.58. The highest BCUT2D eigenvalue weighted by Crippen LogP contribution is 2.35. The molecule has 30 heavy (non-hydrogen) atoms. The molecule has 1 aliphatic heterocycles. The lowest BCUT2D eigenvalue weighted by Gasteiger charge is -2.41. The number of nitrogens with zero attached hydrogens (tertiary/aromatic N) is 1. The number of phenolic OH excluding ortho intramolecular Hbond substituents is 1. The van der Waals surface area contributed by atoms with Crippen LogP contribution < -0.4 is 4.72 Å². The highest BCUT2D eigenvalue weighted by molar-refractivity contribution is 7.88. The van der Waals surface area contributed by atoms with E-state index in [2.05, 4.69) is 4.72 Å². The van der Waals surface area contributed by atoms with Gasteiger partial charge in [0.25, 0.3) is 0 Å². The van der Waals surface area contributed by atoms with E-state index >= 15 is 0 Å². The number of methoxy groups -OCH3 is 1. The molecule has 168 valence electrons. The van der Waals surface area contributed by atoms with E-state index < -0.39 is 22.2 Å². The normalized spacial score (nSPS) is 27.6. The van der Waals surface area contributed by atoms with Crippen molar-refractivity contribution in [2.45, 2.75) is 62.6 Å². The molecule has 1 amide bonds. The summed E-state index contributed by atoms with van der Waals surface area (Å²) in [5, 5.41) is 9.46. The number of aromatic hydroxyl groups is 1. The first-order chi connectivity index (χ1) is 14.3. The van der Waals surface area contributed by atoms with Gasteiger partial charge in [-0.3, -0.25) is 0 Å². The van der Waals surface area contributed by atoms with Crippen molar-refractivity contribution in [1.29, 1.82) is 0 Å². The number of benzene rings is 1. The maximum absolute atomic E-state index is 12.2. The van der Waals surface area contributed by atoms with Crippen molar-refractivity contribution in [2.24, 2.45) is 0 Å². The minimum Gasteiger partial charge on any atom is -0.508 e. The first-order valence-corrected chi connectivity index (χ1v) is 12.4. The number of hydrogen-bond acceptors (Lipinski definition) is 6. The number of rotatable bonds is 6. The molecule has 2 aliphatic rings. The highest BCUT2D eigenvalue weighted by Gasteiger charge is 2.37. The standard InChI is InChI=1S/C21H32N2O6S/c1-28-21(25)23-13-3-4-19(22-30(2,26)27)20(23)14-29-18-11-7-16(8-12-18)15-5-9-17(24)10-6-15/h5-6,9-10,16,18-20,22,24H,3-4,7-8,11-14H2,1-2H3/t16?,18?,19-,20-/m0/s1. The van der Waals surface area contributed by atoms with Crippen molar-refractivity contribution in [3.63, 3.8) is 0 Å². The van der Waals surface area contributed by atoms with E-state index in [4.69, 9.17) is 9.47 Å². The Hall–Kier alpha value is -1.84. The van der Waals surface area contributed by atoms with Crippen molar-refractivity contribution in [1.82, 2.24) is 9.62 Å². The van der Waals surface area contributed by atoms with Gasteiger partial charge in [-0.05, 0) is 62.1 Å². The molecule has 2 atom stereocenters. The maximum Gasteiger partial charge on any atom is 0.409 e. The monoisotopic (exact) mass is 440 g/mol. The summed E-state index contributed by atoms with van der Waals surface area (Å²) in [6.07, 6.45) is 5.91. The van der Waals surface area contributed by atoms with Crippen molar-refractivity contribution < 1.29 is 27.8 Å². The van der Waals surface area contributed by atoms with Gasteiger partial charge in [0.15, 0.2) is 0 Å². The molecule has 9 heteroatoms. The van der Waals surface area contributed by atoms with Gasteiger partial charge in [0.1, 0.15) is 5.75 Å². The zero-order chi connectivity index (χ0) is 21.7. The number of carbonyl (C=O) groups excluding carboxylic acids is 1. The largest absolute Gasteiger partial charge is 0.508 e. The van der Waals surface area contributed by atoms with Crippen molar-refractivity contribution >= 4 is 16.1 Å². The van der Waals surface area contributed by atoms with Crippen LogP contribution >= 0.6 is 0 Å². The molecule has 0 spiro atoms. The average molecular weight is 441 g/mol. The second-order valence-corrected chi connectivity index (χ2v) is 10.0. The minimum absolute atomic E-state index is 0.0821. The lowest BCUT2D eigenvalue weighted by Crippen LogP contribution is -2.59. The van der Waals surface area contributed by atoms with Gasteiger partial charge >= 0.3 is 6.09 Å². The molecule has 1 aromatic carbocycles. The summed E-state index contributed by atoms with van der Waals surface area (Å²) in [6.45, 7) is 0.799. The van der Waals surface area contributed by atoms with Crippen LogP contribution in [0.5, 0.6) is 5.75 Å². The highest BCUT2D eigenvalue weighted by atomic mass is 32.2. The summed E-state index contributed by atoms with van der Waals surface area (Å²) >= 11 is 0. The van der Waals surface area contributed by atoms with Crippen LogP contribution in [0.4, 0.5) is 4.79 Å². The fraction of sp³-hybridized carbons (Fsp3) is 0.667. The Morgan fingerprint density at radius 3 is 2.43 bits per heavy atom. The SMILES string of the molecule is COC(=O)N1CCC[C@H](NS(C)(=O)=O)[C@@H]1COC1CCC(c2ccc(O)cc2)CC1. The third-order valence-corrected chi connectivity index (χ3v) is 6.83. The molecule has 1 saturated heterocycles. The number of sulfonamides is 1. The second-order valence-electron chi connectivity index (χ2n) is 8.27. The van der Waals surface area contributed by atoms with Gasteiger partial charge < -0.3 is 19.5 Å². The molecule has 8 nitrogen and oxygen atoms in total. The summed E-state index contributed by atoms with van der Waals surface area (Å²) in [5.74, 6) is 0.724. The number of hydrogen-bond donors (Lipinski definition) is 2. The van der Waals surface area contributed by atoms with Crippen LogP contribution in [0.25, 0.3) is 0 Å². The molecule has 1 aliphatic carbocycles. The van der Waals surface area contributed by atoms with Crippen LogP contribution in [0.2, 0.25) is 0 Å². The smallest absolute Gasteiger partial charge is 0.409 e. The predicted molar refractivity (Wildman–Crippen MR) is 113 cm³/mol. The van der Waals surface area contributed by atoms with E-state index in [1.165, 1.54) is 12.7 Å². The fourth-order valence-electron chi connectivity index (χ4n) is 4.56. The Morgan fingerprint density at radius 1 is 1.17 bits per heavy atom. The Bertz CT molecular complexity index is 805. The molecule has 1 saturated carbocycles. The third kappa shape index (κ3) is 6.09. The summed E-state index contributed by atoms with van der Waals surface area (Å²) in [6, 6.07) is 6.60. The summed E-state index contributed by atoms with van der Waals surface area (Å²) < 4.78 is 37.3. The van der Waals surface area contributed by atoms with Crippen LogP contribution in [0.15, 0.2) is 24.3 Å². The number of likely N-dealkylation sites (tertiary alicyclic amines) is 1. The molecule has 1 aromatic rings. The molecular weight excluding hydrogens is 408 g/mol. The number of phenols is 1. The number of carbonyl (C=O) groups is 1. The van der Waals surface area contributed by atoms with E-state index in [-0.39, 0.29) is 24.5 Å². The first kappa shape index (κ1) is 22.8. The van der Waals surface area contributed by atoms with Gasteiger partial charge in [0.2, 0.25) is 10.0 Å². The molecule has 2 fully saturated rings. The fourth-order valence-corrected chi connectivity index (χ4v) is 5.39. The molecule has 0 radical (unpaired) electrons. The lowest BCUT2D eigenvalue weighted by atomic mass is 9.82. The summed E-state index contributed by atoms with van der Waals surface area (Å²) in [7, 11) is -2.07. The zero-order valence-electron chi connectivity index (χ0n) is 17.6. The second kappa shape index (κ2) is 9.98. The topological polar surface area (TPSA) is 105 Å². The van der Waals surface area contributed by atoms with E-state index in [9.17, 15) is 18.3 Å². The van der Waals surface area contributed by atoms with E-state index in [0.717, 1.165) is 31.9 Å². The van der Waals surface area contributed by atoms with Crippen molar-refractivity contribution in [3.05, 3.63) is 29.8 Å². The lowest BCUT2D eigenvalue weighted by molar-refractivity contribution is -0.0245. The van der Waals surface area contributed by atoms with Crippen molar-refractivity contribution in [3.8, 4) is 5.75 Å². The van der Waals surface area contributed by atoms with Gasteiger partial charge in [-0.1, -0.05) is 12.1 Å². The molecule has 2 N–H and O–H groups in total. The average Bonchev–Trinajstić information content (AvgIpc) is 2.72. The summed E-state index contributed by atoms with van der Waals surface area (Å²) in [5.41, 5.74) is 1.23. The molecule has 0 aromatic heterocycles. The predicted octanol–water partition coefficient (Wildman–Crippen LogP) is 2.58. The van der Waals surface area contributed by atoms with Gasteiger partial charge in [0, 0.05) is 12.6 Å². The van der Waals surface area contributed by atoms with Gasteiger partial charge in [-0.15, -0.1) is 0 Å². The number of piperidine rings is 1. The van der Waals surface area contributed by atoms with Gasteiger partial charge in [-0.2, -0.15) is 0 Å². The molecule has 1 heterocycles. The minimum atomic E-state index is -3.40. The first-order valence-electron chi connectivity index (χ1n) is 10.5. The van der Waals surface area contributed by atoms with Gasteiger partial charge in [0.05, 0.1) is 32.1 Å². The van der Waals surface area contributed by atoms with Crippen LogP contribution in [-0.4, -0.2) is 69.2 Å². The van der Waals surface area contributed by atoms with E-state index in [1.807, 2.05) is 12.1 Å². The number of ether oxygens (including phenoxy) is 2. The van der Waals surface area contributed by atoms with Crippen LogP contribution in [-0.2, 0) is 19.5 Å². The molecular formula is C21H32N2O6S. The van der Waals surface area contributed by atoms with Crippen LogP contribution in [0.1, 0.15) is 50.0 Å². The molecule has 3 rings (SSSR count). The molecule has 0 unspecified atom stereocenters. The number of nitrogens with one attached hydrogen (secondary N) is 1. The summed E-state index contributed by atoms with van der Waals surface area (Å²) in [4.78, 5) is 13.8. The number of amides is 1. The third-order valence-electron chi connectivity index (χ3n) is 6.09. The quantitative estimate of drug-likeness (QED) is 0.704.